The summed E-state index contributed by atoms with van der Waals surface area (Å²) in [5.74, 6) is 0.475. The lowest BCUT2D eigenvalue weighted by molar-refractivity contribution is 0.0951. The van der Waals surface area contributed by atoms with E-state index in [1.807, 2.05) is 59.4 Å². The molecule has 32 heavy (non-hydrogen) atoms. The molecule has 0 atom stereocenters. The van der Waals surface area contributed by atoms with Gasteiger partial charge in [-0.25, -0.2) is 9.50 Å². The van der Waals surface area contributed by atoms with Gasteiger partial charge in [0, 0.05) is 41.7 Å². The molecule has 0 aliphatic heterocycles. The lowest BCUT2D eigenvalue weighted by atomic mass is 10.1. The summed E-state index contributed by atoms with van der Waals surface area (Å²) in [6, 6.07) is 13.9. The van der Waals surface area contributed by atoms with Crippen molar-refractivity contribution in [3.8, 4) is 22.5 Å². The number of anilines is 1. The van der Waals surface area contributed by atoms with E-state index in [2.05, 4.69) is 34.4 Å². The van der Waals surface area contributed by atoms with Gasteiger partial charge in [-0.3, -0.25) is 9.78 Å². The van der Waals surface area contributed by atoms with Gasteiger partial charge in [-0.15, -0.1) is 0 Å². The Morgan fingerprint density at radius 1 is 1.12 bits per heavy atom. The molecule has 4 aromatic rings. The highest BCUT2D eigenvalue weighted by Gasteiger charge is 2.23. The number of fused-ring (bicyclic) bond motifs is 1. The van der Waals surface area contributed by atoms with Gasteiger partial charge in [0.15, 0.2) is 5.65 Å². The van der Waals surface area contributed by atoms with E-state index in [-0.39, 0.29) is 5.91 Å². The minimum Gasteiger partial charge on any atom is -0.382 e. The summed E-state index contributed by atoms with van der Waals surface area (Å²) in [7, 11) is 0. The van der Waals surface area contributed by atoms with Crippen LogP contribution in [0.15, 0.2) is 61.1 Å². The predicted molar refractivity (Wildman–Crippen MR) is 125 cm³/mol. The first-order chi connectivity index (χ1) is 15.6. The summed E-state index contributed by atoms with van der Waals surface area (Å²) in [5.41, 5.74) is 5.93. The van der Waals surface area contributed by atoms with Crippen LogP contribution in [-0.4, -0.2) is 38.1 Å². The Morgan fingerprint density at radius 3 is 2.62 bits per heavy atom. The quantitative estimate of drug-likeness (QED) is 0.457. The Hall–Kier alpha value is -3.74. The van der Waals surface area contributed by atoms with Crippen LogP contribution in [0, 0.1) is 5.92 Å². The molecule has 162 valence electrons. The molecule has 5 rings (SSSR count). The lowest BCUT2D eigenvalue weighted by Crippen LogP contribution is -2.25. The van der Waals surface area contributed by atoms with Crippen LogP contribution in [-0.2, 0) is 0 Å². The number of aromatic nitrogens is 4. The number of carbonyl (C=O) groups is 1. The van der Waals surface area contributed by atoms with Crippen molar-refractivity contribution in [3.05, 3.63) is 66.6 Å². The van der Waals surface area contributed by atoms with E-state index in [1.54, 1.807) is 6.20 Å². The Bertz CT molecular complexity index is 1240. The van der Waals surface area contributed by atoms with Gasteiger partial charge >= 0.3 is 0 Å². The molecule has 1 fully saturated rings. The molecular weight excluding hydrogens is 400 g/mol. The molecule has 1 aromatic carbocycles. The zero-order chi connectivity index (χ0) is 22.1. The topological polar surface area (TPSA) is 84.2 Å². The maximum Gasteiger partial charge on any atom is 0.251 e. The fraction of sp³-hybridized carbons (Fsp3) is 0.280. The third-order valence-corrected chi connectivity index (χ3v) is 5.48. The van der Waals surface area contributed by atoms with Crippen LogP contribution in [0.3, 0.4) is 0 Å². The second-order valence-corrected chi connectivity index (χ2v) is 8.66. The standard InChI is InChI=1S/C25H26N6O/c1-16(2)13-27-22-12-21(19-4-3-11-26-14-19)30-31-23(15-28-24(22)31)17-5-7-18(8-6-17)25(32)29-20-9-10-20/h3-8,11-12,14-16,20,27H,9-10,13H2,1-2H3,(H,29,32). The van der Waals surface area contributed by atoms with Crippen LogP contribution >= 0.6 is 0 Å². The summed E-state index contributed by atoms with van der Waals surface area (Å²) < 4.78 is 1.87. The van der Waals surface area contributed by atoms with Crippen LogP contribution < -0.4 is 10.6 Å². The average Bonchev–Trinajstić information content (AvgIpc) is 3.53. The van der Waals surface area contributed by atoms with E-state index in [1.165, 1.54) is 0 Å². The number of benzene rings is 1. The van der Waals surface area contributed by atoms with Crippen molar-refractivity contribution < 1.29 is 4.79 Å². The highest BCUT2D eigenvalue weighted by atomic mass is 16.1. The molecule has 3 heterocycles. The molecule has 1 aliphatic carbocycles. The number of carbonyl (C=O) groups excluding carboxylic acids is 1. The van der Waals surface area contributed by atoms with Gasteiger partial charge in [-0.1, -0.05) is 26.0 Å². The second-order valence-electron chi connectivity index (χ2n) is 8.66. The van der Waals surface area contributed by atoms with E-state index in [9.17, 15) is 4.79 Å². The van der Waals surface area contributed by atoms with Crippen molar-refractivity contribution >= 4 is 17.2 Å². The Balaban J connectivity index is 1.54. The number of nitrogens with zero attached hydrogens (tertiary/aromatic N) is 4. The molecule has 0 bridgehead atoms. The average molecular weight is 427 g/mol. The number of hydrogen-bond donors (Lipinski definition) is 2. The van der Waals surface area contributed by atoms with Gasteiger partial charge in [0.05, 0.1) is 23.3 Å². The largest absolute Gasteiger partial charge is 0.382 e. The molecule has 7 heteroatoms. The van der Waals surface area contributed by atoms with Gasteiger partial charge in [-0.05, 0) is 49.1 Å². The first-order valence-electron chi connectivity index (χ1n) is 11.0. The van der Waals surface area contributed by atoms with Crippen LogP contribution in [0.5, 0.6) is 0 Å². The van der Waals surface area contributed by atoms with Crippen molar-refractivity contribution in [2.45, 2.75) is 32.7 Å². The molecule has 1 amide bonds. The van der Waals surface area contributed by atoms with E-state index >= 15 is 0 Å². The Labute approximate surface area is 186 Å². The smallest absolute Gasteiger partial charge is 0.251 e. The summed E-state index contributed by atoms with van der Waals surface area (Å²) in [4.78, 5) is 21.2. The van der Waals surface area contributed by atoms with E-state index in [0.29, 0.717) is 17.5 Å². The molecule has 0 saturated heterocycles. The molecule has 7 nitrogen and oxygen atoms in total. The third kappa shape index (κ3) is 4.19. The second kappa shape index (κ2) is 8.42. The first kappa shape index (κ1) is 20.2. The maximum atomic E-state index is 12.3. The molecular formula is C25H26N6O. The molecule has 3 aromatic heterocycles. The highest BCUT2D eigenvalue weighted by molar-refractivity contribution is 5.95. The number of pyridine rings is 1. The number of amides is 1. The molecule has 0 unspecified atom stereocenters. The highest BCUT2D eigenvalue weighted by Crippen LogP contribution is 2.28. The van der Waals surface area contributed by atoms with Crippen LogP contribution in [0.4, 0.5) is 5.69 Å². The normalized spacial score (nSPS) is 13.5. The minimum atomic E-state index is -0.0191. The first-order valence-corrected chi connectivity index (χ1v) is 11.0. The van der Waals surface area contributed by atoms with E-state index in [4.69, 9.17) is 5.10 Å². The van der Waals surface area contributed by atoms with Gasteiger partial charge in [-0.2, -0.15) is 5.10 Å². The van der Waals surface area contributed by atoms with Crippen LogP contribution in [0.25, 0.3) is 28.2 Å². The van der Waals surface area contributed by atoms with Crippen molar-refractivity contribution in [1.29, 1.82) is 0 Å². The fourth-order valence-electron chi connectivity index (χ4n) is 3.55. The van der Waals surface area contributed by atoms with Gasteiger partial charge in [0.1, 0.15) is 0 Å². The minimum absolute atomic E-state index is 0.0191. The summed E-state index contributed by atoms with van der Waals surface area (Å²) in [6.45, 7) is 5.18. The van der Waals surface area contributed by atoms with Crippen molar-refractivity contribution in [2.24, 2.45) is 5.92 Å². The zero-order valence-corrected chi connectivity index (χ0v) is 18.2. The summed E-state index contributed by atoms with van der Waals surface area (Å²) in [5, 5.41) is 11.4. The lowest BCUT2D eigenvalue weighted by Gasteiger charge is -2.12. The molecule has 0 spiro atoms. The van der Waals surface area contributed by atoms with Crippen LogP contribution in [0.1, 0.15) is 37.0 Å². The number of imidazole rings is 1. The van der Waals surface area contributed by atoms with Crippen molar-refractivity contribution in [1.82, 2.24) is 24.9 Å². The Kier molecular flexibility index (Phi) is 5.31. The van der Waals surface area contributed by atoms with Gasteiger partial charge < -0.3 is 10.6 Å². The van der Waals surface area contributed by atoms with Crippen LogP contribution in [0.2, 0.25) is 0 Å². The number of rotatable bonds is 7. The van der Waals surface area contributed by atoms with Crippen molar-refractivity contribution in [3.63, 3.8) is 0 Å². The maximum absolute atomic E-state index is 12.3. The van der Waals surface area contributed by atoms with Crippen molar-refractivity contribution in [2.75, 3.05) is 11.9 Å². The Morgan fingerprint density at radius 2 is 1.94 bits per heavy atom. The molecule has 1 aliphatic rings. The number of hydrogen-bond acceptors (Lipinski definition) is 5. The third-order valence-electron chi connectivity index (χ3n) is 5.48. The van der Waals surface area contributed by atoms with Gasteiger partial charge in [0.25, 0.3) is 5.91 Å². The summed E-state index contributed by atoms with van der Waals surface area (Å²) >= 11 is 0. The monoisotopic (exact) mass is 426 g/mol. The molecule has 1 saturated carbocycles. The number of nitrogens with one attached hydrogen (secondary N) is 2. The zero-order valence-electron chi connectivity index (χ0n) is 18.2. The van der Waals surface area contributed by atoms with E-state index < -0.39 is 0 Å². The predicted octanol–water partition coefficient (Wildman–Crippen LogP) is 4.42. The molecule has 2 N–H and O–H groups in total. The van der Waals surface area contributed by atoms with E-state index in [0.717, 1.165) is 53.2 Å². The fourth-order valence-corrected chi connectivity index (χ4v) is 3.55. The molecule has 0 radical (unpaired) electrons. The summed E-state index contributed by atoms with van der Waals surface area (Å²) in [6.07, 6.45) is 7.54. The van der Waals surface area contributed by atoms with Gasteiger partial charge in [0.2, 0.25) is 0 Å². The SMILES string of the molecule is CC(C)CNc1cc(-c2cccnc2)nn2c(-c3ccc(C(=O)NC4CC4)cc3)cnc12.